The average Bonchev–Trinajstić information content (AvgIpc) is 2.92. The van der Waals surface area contributed by atoms with Crippen LogP contribution in [0.1, 0.15) is 9.75 Å². The number of aryl methyl sites for hydroxylation is 1. The molecule has 0 aliphatic rings. The fourth-order valence-corrected chi connectivity index (χ4v) is 3.03. The molecule has 120 valence electrons. The van der Waals surface area contributed by atoms with Gasteiger partial charge in [0.05, 0.1) is 12.2 Å². The average molecular weight is 393 g/mol. The summed E-state index contributed by atoms with van der Waals surface area (Å²) in [5.74, 6) is -0.452. The highest BCUT2D eigenvalue weighted by Crippen LogP contribution is 2.21. The number of rotatable bonds is 5. The molecule has 1 aromatic heterocycles. The van der Waals surface area contributed by atoms with Crippen LogP contribution in [0.4, 0.5) is 5.69 Å². The van der Waals surface area contributed by atoms with Gasteiger partial charge in [0, 0.05) is 27.4 Å². The molecule has 2 rings (SSSR count). The van der Waals surface area contributed by atoms with Gasteiger partial charge in [0.2, 0.25) is 11.8 Å². The molecule has 0 aliphatic heterocycles. The zero-order valence-electron chi connectivity index (χ0n) is 12.9. The molecule has 0 saturated heterocycles. The maximum atomic E-state index is 12.0. The molecule has 0 aliphatic carbocycles. The molecule has 1 aromatic carbocycles. The molecule has 2 aromatic rings. The molecule has 0 saturated carbocycles. The van der Waals surface area contributed by atoms with Gasteiger partial charge in [-0.1, -0.05) is 12.1 Å². The number of halogens is 1. The molecule has 4 nitrogen and oxygen atoms in total. The van der Waals surface area contributed by atoms with Crippen LogP contribution < -0.4 is 5.32 Å². The number of hydrogen-bond acceptors (Lipinski definition) is 3. The highest BCUT2D eigenvalue weighted by atomic mass is 79.9. The smallest absolute Gasteiger partial charge is 0.246 e. The van der Waals surface area contributed by atoms with E-state index in [-0.39, 0.29) is 18.4 Å². The van der Waals surface area contributed by atoms with Crippen LogP contribution in [0.5, 0.6) is 0 Å². The van der Waals surface area contributed by atoms with Crippen molar-refractivity contribution >= 4 is 50.8 Å². The highest BCUT2D eigenvalue weighted by molar-refractivity contribution is 9.10. The number of para-hydroxylation sites is 1. The number of benzene rings is 1. The molecule has 0 spiro atoms. The van der Waals surface area contributed by atoms with Crippen LogP contribution in [-0.4, -0.2) is 30.3 Å². The Morgan fingerprint density at radius 2 is 2.00 bits per heavy atom. The molecule has 2 amide bonds. The summed E-state index contributed by atoms with van der Waals surface area (Å²) in [6, 6.07) is 11.3. The van der Waals surface area contributed by atoms with Crippen molar-refractivity contribution in [1.29, 1.82) is 0 Å². The lowest BCUT2D eigenvalue weighted by molar-refractivity contribution is -0.129. The second-order valence-electron chi connectivity index (χ2n) is 5.00. The van der Waals surface area contributed by atoms with E-state index in [4.69, 9.17) is 0 Å². The molecule has 23 heavy (non-hydrogen) atoms. The Bertz CT molecular complexity index is 740. The Balaban J connectivity index is 1.89. The molecular weight excluding hydrogens is 376 g/mol. The van der Waals surface area contributed by atoms with E-state index in [9.17, 15) is 9.59 Å². The molecule has 6 heteroatoms. The third kappa shape index (κ3) is 5.33. The number of anilines is 1. The van der Waals surface area contributed by atoms with Gasteiger partial charge in [0.25, 0.3) is 0 Å². The summed E-state index contributed by atoms with van der Waals surface area (Å²) in [7, 11) is 1.60. The normalized spacial score (nSPS) is 10.7. The molecule has 0 radical (unpaired) electrons. The standard InChI is InChI=1S/C17H17BrN2O2S/c1-12-7-8-13(23-12)9-10-17(22)20(2)11-16(21)19-15-6-4-3-5-14(15)18/h3-10H,11H2,1-2H3,(H,19,21)/b10-9+. The third-order valence-electron chi connectivity index (χ3n) is 3.06. The summed E-state index contributed by atoms with van der Waals surface area (Å²) >= 11 is 4.98. The molecule has 0 fully saturated rings. The van der Waals surface area contributed by atoms with Gasteiger partial charge in [0.15, 0.2) is 0 Å². The van der Waals surface area contributed by atoms with Gasteiger partial charge in [-0.3, -0.25) is 9.59 Å². The minimum Gasteiger partial charge on any atom is -0.333 e. The number of carbonyl (C=O) groups excluding carboxylic acids is 2. The van der Waals surface area contributed by atoms with Crippen LogP contribution in [0.2, 0.25) is 0 Å². The Kier molecular flexibility index (Phi) is 6.12. The molecule has 0 unspecified atom stereocenters. The summed E-state index contributed by atoms with van der Waals surface area (Å²) in [5, 5.41) is 2.77. The van der Waals surface area contributed by atoms with Gasteiger partial charge in [-0.05, 0) is 53.2 Å². The van der Waals surface area contributed by atoms with Crippen LogP contribution in [0.3, 0.4) is 0 Å². The minimum absolute atomic E-state index is 0.00598. The number of amides is 2. The minimum atomic E-state index is -0.242. The lowest BCUT2D eigenvalue weighted by Crippen LogP contribution is -2.33. The fraction of sp³-hybridized carbons (Fsp3) is 0.176. The number of likely N-dealkylation sites (N-methyl/N-ethyl adjacent to an activating group) is 1. The Labute approximate surface area is 147 Å². The fourth-order valence-electron chi connectivity index (χ4n) is 1.87. The Morgan fingerprint density at radius 1 is 1.26 bits per heavy atom. The van der Waals surface area contributed by atoms with Crippen molar-refractivity contribution in [3.63, 3.8) is 0 Å². The van der Waals surface area contributed by atoms with Gasteiger partial charge in [-0.25, -0.2) is 0 Å². The topological polar surface area (TPSA) is 49.4 Å². The van der Waals surface area contributed by atoms with Gasteiger partial charge < -0.3 is 10.2 Å². The molecule has 1 heterocycles. The molecule has 0 bridgehead atoms. The summed E-state index contributed by atoms with van der Waals surface area (Å²) in [6.45, 7) is 2.01. The quantitative estimate of drug-likeness (QED) is 0.783. The van der Waals surface area contributed by atoms with Crippen molar-refractivity contribution in [1.82, 2.24) is 4.90 Å². The molecular formula is C17H17BrN2O2S. The summed E-state index contributed by atoms with van der Waals surface area (Å²) in [6.07, 6.45) is 3.25. The largest absolute Gasteiger partial charge is 0.333 e. The molecule has 0 atom stereocenters. The zero-order valence-corrected chi connectivity index (χ0v) is 15.3. The van der Waals surface area contributed by atoms with E-state index in [1.165, 1.54) is 15.9 Å². The van der Waals surface area contributed by atoms with E-state index in [2.05, 4.69) is 21.2 Å². The van der Waals surface area contributed by atoms with Crippen molar-refractivity contribution < 1.29 is 9.59 Å². The van der Waals surface area contributed by atoms with Gasteiger partial charge in [-0.15, -0.1) is 11.3 Å². The number of nitrogens with one attached hydrogen (secondary N) is 1. The first kappa shape index (κ1) is 17.4. The van der Waals surface area contributed by atoms with Crippen molar-refractivity contribution in [2.24, 2.45) is 0 Å². The van der Waals surface area contributed by atoms with E-state index in [0.717, 1.165) is 9.35 Å². The van der Waals surface area contributed by atoms with Crippen LogP contribution in [-0.2, 0) is 9.59 Å². The number of nitrogens with zero attached hydrogens (tertiary/aromatic N) is 1. The van der Waals surface area contributed by atoms with Crippen LogP contribution in [0, 0.1) is 6.92 Å². The zero-order chi connectivity index (χ0) is 16.8. The van der Waals surface area contributed by atoms with Crippen LogP contribution in [0.15, 0.2) is 46.9 Å². The van der Waals surface area contributed by atoms with Crippen LogP contribution in [0.25, 0.3) is 6.08 Å². The van der Waals surface area contributed by atoms with E-state index in [1.807, 2.05) is 37.3 Å². The maximum Gasteiger partial charge on any atom is 0.246 e. The van der Waals surface area contributed by atoms with E-state index < -0.39 is 0 Å². The first-order valence-corrected chi connectivity index (χ1v) is 8.60. The van der Waals surface area contributed by atoms with Crippen molar-refractivity contribution in [2.75, 3.05) is 18.9 Å². The van der Waals surface area contributed by atoms with Crippen molar-refractivity contribution in [3.8, 4) is 0 Å². The number of carbonyl (C=O) groups is 2. The van der Waals surface area contributed by atoms with E-state index in [1.54, 1.807) is 30.5 Å². The monoisotopic (exact) mass is 392 g/mol. The Hall–Kier alpha value is -1.92. The summed E-state index contributed by atoms with van der Waals surface area (Å²) < 4.78 is 0.801. The second kappa shape index (κ2) is 8.08. The first-order valence-electron chi connectivity index (χ1n) is 6.99. The van der Waals surface area contributed by atoms with Gasteiger partial charge >= 0.3 is 0 Å². The third-order valence-corrected chi connectivity index (χ3v) is 4.71. The Morgan fingerprint density at radius 3 is 2.65 bits per heavy atom. The van der Waals surface area contributed by atoms with Crippen LogP contribution >= 0.6 is 27.3 Å². The predicted octanol–water partition coefficient (Wildman–Crippen LogP) is 3.93. The van der Waals surface area contributed by atoms with Crippen molar-refractivity contribution in [3.05, 3.63) is 56.7 Å². The summed E-state index contributed by atoms with van der Waals surface area (Å²) in [5.41, 5.74) is 0.683. The number of thiophene rings is 1. The lowest BCUT2D eigenvalue weighted by atomic mass is 10.3. The summed E-state index contributed by atoms with van der Waals surface area (Å²) in [4.78, 5) is 27.6. The lowest BCUT2D eigenvalue weighted by Gasteiger charge is -2.15. The van der Waals surface area contributed by atoms with Gasteiger partial charge in [-0.2, -0.15) is 0 Å². The number of hydrogen-bond donors (Lipinski definition) is 1. The van der Waals surface area contributed by atoms with E-state index >= 15 is 0 Å². The molecule has 1 N–H and O–H groups in total. The maximum absolute atomic E-state index is 12.0. The van der Waals surface area contributed by atoms with E-state index in [0.29, 0.717) is 5.69 Å². The van der Waals surface area contributed by atoms with Crippen molar-refractivity contribution in [2.45, 2.75) is 6.92 Å². The first-order chi connectivity index (χ1) is 11.0. The highest BCUT2D eigenvalue weighted by Gasteiger charge is 2.11. The van der Waals surface area contributed by atoms with Gasteiger partial charge in [0.1, 0.15) is 0 Å². The SMILES string of the molecule is Cc1ccc(/C=C/C(=O)N(C)CC(=O)Nc2ccccc2Br)s1. The second-order valence-corrected chi connectivity index (χ2v) is 7.18. The predicted molar refractivity (Wildman–Crippen MR) is 98.5 cm³/mol.